The van der Waals surface area contributed by atoms with E-state index in [1.807, 2.05) is 20.8 Å². The zero-order valence-electron chi connectivity index (χ0n) is 21.4. The van der Waals surface area contributed by atoms with E-state index in [-0.39, 0.29) is 10.8 Å². The number of hydrogen-bond acceptors (Lipinski definition) is 5. The second-order valence-electron chi connectivity index (χ2n) is 10.6. The van der Waals surface area contributed by atoms with E-state index in [0.29, 0.717) is 24.4 Å². The Kier molecular flexibility index (Phi) is 9.11. The van der Waals surface area contributed by atoms with Gasteiger partial charge < -0.3 is 15.0 Å². The van der Waals surface area contributed by atoms with Gasteiger partial charge >= 0.3 is 6.09 Å². The number of piperidine rings is 1. The van der Waals surface area contributed by atoms with Crippen molar-refractivity contribution in [3.63, 3.8) is 0 Å². The van der Waals surface area contributed by atoms with Gasteiger partial charge in [-0.25, -0.2) is 22.0 Å². The minimum absolute atomic E-state index is 0.206. The average Bonchev–Trinajstić information content (AvgIpc) is 2.76. The number of nitrogens with one attached hydrogen (secondary N) is 1. The van der Waals surface area contributed by atoms with Crippen molar-refractivity contribution < 1.29 is 26.7 Å². The molecule has 0 unspecified atom stereocenters. The molecule has 6 nitrogen and oxygen atoms in total. The Balaban J connectivity index is 1.62. The minimum atomic E-state index is -3.34. The maximum Gasteiger partial charge on any atom is 0.407 e. The highest BCUT2D eigenvalue weighted by Gasteiger charge is 2.24. The van der Waals surface area contributed by atoms with E-state index in [2.05, 4.69) is 10.2 Å². The van der Waals surface area contributed by atoms with Crippen molar-refractivity contribution in [2.75, 3.05) is 32.4 Å². The Morgan fingerprint density at radius 3 is 2.17 bits per heavy atom. The fourth-order valence-electron chi connectivity index (χ4n) is 4.52. The molecule has 0 spiro atoms. The van der Waals surface area contributed by atoms with Crippen LogP contribution in [0.25, 0.3) is 0 Å². The Labute approximate surface area is 212 Å². The van der Waals surface area contributed by atoms with Gasteiger partial charge in [-0.2, -0.15) is 0 Å². The Hall–Kier alpha value is -2.52. The lowest BCUT2D eigenvalue weighted by Crippen LogP contribution is -2.40. The van der Waals surface area contributed by atoms with Gasteiger partial charge in [0.1, 0.15) is 17.2 Å². The van der Waals surface area contributed by atoms with Gasteiger partial charge in [-0.05, 0) is 101 Å². The van der Waals surface area contributed by atoms with Crippen molar-refractivity contribution in [1.82, 2.24) is 10.2 Å². The summed E-state index contributed by atoms with van der Waals surface area (Å²) in [7, 11) is -3.34. The largest absolute Gasteiger partial charge is 0.444 e. The van der Waals surface area contributed by atoms with Crippen molar-refractivity contribution in [3.8, 4) is 0 Å². The third-order valence-corrected chi connectivity index (χ3v) is 7.50. The number of benzene rings is 2. The number of ether oxygens (including phenoxy) is 1. The SMILES string of the molecule is CC(C)(C)OC(=O)NCC1CCN(CC[C@H](c2ccc(S(C)(=O)=O)cc2)c2cc(F)cc(F)c2)CC1. The van der Waals surface area contributed by atoms with Crippen LogP contribution in [0, 0.1) is 17.6 Å². The fraction of sp³-hybridized carbons (Fsp3) is 0.519. The van der Waals surface area contributed by atoms with E-state index in [9.17, 15) is 22.0 Å². The Morgan fingerprint density at radius 2 is 1.64 bits per heavy atom. The van der Waals surface area contributed by atoms with Gasteiger partial charge in [-0.1, -0.05) is 12.1 Å². The lowest BCUT2D eigenvalue weighted by molar-refractivity contribution is 0.0509. The summed E-state index contributed by atoms with van der Waals surface area (Å²) in [6.07, 6.45) is 3.23. The third kappa shape index (κ3) is 8.55. The number of sulfone groups is 1. The molecule has 1 fully saturated rings. The molecule has 2 aromatic rings. The molecule has 0 aliphatic carbocycles. The smallest absolute Gasteiger partial charge is 0.407 e. The second-order valence-corrected chi connectivity index (χ2v) is 12.6. The first-order valence-electron chi connectivity index (χ1n) is 12.3. The average molecular weight is 523 g/mol. The first-order valence-corrected chi connectivity index (χ1v) is 14.1. The standard InChI is InChI=1S/C27H36F2N2O4S/c1-27(2,3)35-26(32)30-18-19-9-12-31(13-10-19)14-11-25(21-15-22(28)17-23(29)16-21)20-5-7-24(8-6-20)36(4,33)34/h5-8,15-17,19,25H,9-14,18H2,1-4H3,(H,30,32)/t25-/m1/s1. The molecule has 1 heterocycles. The number of carbonyl (C=O) groups excluding carboxylic acids is 1. The van der Waals surface area contributed by atoms with Crippen LogP contribution in [0.15, 0.2) is 47.4 Å². The van der Waals surface area contributed by atoms with Gasteiger partial charge in [0.15, 0.2) is 9.84 Å². The molecule has 1 aliphatic rings. The highest BCUT2D eigenvalue weighted by Crippen LogP contribution is 2.31. The summed E-state index contributed by atoms with van der Waals surface area (Å²) < 4.78 is 57.0. The molecular weight excluding hydrogens is 486 g/mol. The van der Waals surface area contributed by atoms with Gasteiger partial charge in [0.25, 0.3) is 0 Å². The number of halogens is 2. The van der Waals surface area contributed by atoms with Gasteiger partial charge in [0, 0.05) is 24.8 Å². The lowest BCUT2D eigenvalue weighted by atomic mass is 9.87. The summed E-state index contributed by atoms with van der Waals surface area (Å²) in [4.78, 5) is 14.4. The number of nitrogens with zero attached hydrogens (tertiary/aromatic N) is 1. The maximum atomic E-state index is 14.0. The summed E-state index contributed by atoms with van der Waals surface area (Å²) in [5.41, 5.74) is 0.805. The minimum Gasteiger partial charge on any atom is -0.444 e. The summed E-state index contributed by atoms with van der Waals surface area (Å²) in [6, 6.07) is 10.0. The molecule has 0 bridgehead atoms. The van der Waals surface area contributed by atoms with E-state index < -0.39 is 33.2 Å². The molecule has 198 valence electrons. The molecule has 2 aromatic carbocycles. The van der Waals surface area contributed by atoms with Crippen molar-refractivity contribution >= 4 is 15.9 Å². The van der Waals surface area contributed by atoms with Gasteiger partial charge in [-0.15, -0.1) is 0 Å². The highest BCUT2D eigenvalue weighted by molar-refractivity contribution is 7.90. The van der Waals surface area contributed by atoms with E-state index in [1.165, 1.54) is 24.3 Å². The molecular formula is C27H36F2N2O4S. The van der Waals surface area contributed by atoms with Gasteiger partial charge in [-0.3, -0.25) is 0 Å². The lowest BCUT2D eigenvalue weighted by Gasteiger charge is -2.33. The van der Waals surface area contributed by atoms with E-state index in [4.69, 9.17) is 4.74 Å². The normalized spacial score (nSPS) is 16.5. The molecule has 0 aromatic heterocycles. The molecule has 36 heavy (non-hydrogen) atoms. The number of carbonyl (C=O) groups is 1. The number of amides is 1. The molecule has 1 atom stereocenters. The van der Waals surface area contributed by atoms with Gasteiger partial charge in [0.05, 0.1) is 4.90 Å². The van der Waals surface area contributed by atoms with Crippen LogP contribution in [0.4, 0.5) is 13.6 Å². The van der Waals surface area contributed by atoms with Crippen LogP contribution in [0.5, 0.6) is 0 Å². The van der Waals surface area contributed by atoms with Crippen LogP contribution in [-0.2, 0) is 14.6 Å². The molecule has 1 saturated heterocycles. The topological polar surface area (TPSA) is 75.7 Å². The van der Waals surface area contributed by atoms with Crippen LogP contribution in [0.3, 0.4) is 0 Å². The number of alkyl carbamates (subject to hydrolysis) is 1. The van der Waals surface area contributed by atoms with Crippen LogP contribution in [-0.4, -0.2) is 57.4 Å². The van der Waals surface area contributed by atoms with Crippen molar-refractivity contribution in [2.24, 2.45) is 5.92 Å². The number of rotatable bonds is 8. The monoisotopic (exact) mass is 522 g/mol. The number of hydrogen-bond donors (Lipinski definition) is 1. The van der Waals surface area contributed by atoms with Crippen LogP contribution in [0.1, 0.15) is 57.1 Å². The molecule has 1 aliphatic heterocycles. The molecule has 3 rings (SSSR count). The van der Waals surface area contributed by atoms with Gasteiger partial charge in [0.2, 0.25) is 0 Å². The van der Waals surface area contributed by atoms with Crippen LogP contribution >= 0.6 is 0 Å². The summed E-state index contributed by atoms with van der Waals surface area (Å²) >= 11 is 0. The van der Waals surface area contributed by atoms with Crippen molar-refractivity contribution in [3.05, 3.63) is 65.2 Å². The predicted molar refractivity (Wildman–Crippen MR) is 136 cm³/mol. The van der Waals surface area contributed by atoms with Crippen molar-refractivity contribution in [1.29, 1.82) is 0 Å². The Bertz CT molecular complexity index is 1120. The zero-order chi connectivity index (χ0) is 26.5. The van der Waals surface area contributed by atoms with E-state index in [1.54, 1.807) is 12.1 Å². The van der Waals surface area contributed by atoms with E-state index >= 15 is 0 Å². The molecule has 0 radical (unpaired) electrons. The first kappa shape index (κ1) is 28.1. The molecule has 1 amide bonds. The summed E-state index contributed by atoms with van der Waals surface area (Å²) in [5, 5.41) is 2.85. The number of likely N-dealkylation sites (tertiary alicyclic amines) is 1. The highest BCUT2D eigenvalue weighted by atomic mass is 32.2. The van der Waals surface area contributed by atoms with Crippen molar-refractivity contribution in [2.45, 2.75) is 56.4 Å². The van der Waals surface area contributed by atoms with Crippen LogP contribution < -0.4 is 5.32 Å². The second kappa shape index (κ2) is 11.7. The van der Waals surface area contributed by atoms with Crippen LogP contribution in [0.2, 0.25) is 0 Å². The quantitative estimate of drug-likeness (QED) is 0.520. The molecule has 9 heteroatoms. The first-order chi connectivity index (χ1) is 16.8. The maximum absolute atomic E-state index is 14.0. The third-order valence-electron chi connectivity index (χ3n) is 6.37. The fourth-order valence-corrected chi connectivity index (χ4v) is 5.15. The Morgan fingerprint density at radius 1 is 1.06 bits per heavy atom. The zero-order valence-corrected chi connectivity index (χ0v) is 22.2. The van der Waals surface area contributed by atoms with E-state index in [0.717, 1.165) is 50.4 Å². The summed E-state index contributed by atoms with van der Waals surface area (Å²) in [5.74, 6) is -1.19. The predicted octanol–water partition coefficient (Wildman–Crippen LogP) is 5.13. The summed E-state index contributed by atoms with van der Waals surface area (Å²) in [6.45, 7) is 8.50. The molecule has 0 saturated carbocycles. The molecule has 1 N–H and O–H groups in total.